The van der Waals surface area contributed by atoms with Crippen molar-refractivity contribution in [2.45, 2.75) is 16.4 Å². The number of alkyl halides is 1. The maximum absolute atomic E-state index is 13.2. The molecule has 2 atom stereocenters. The Balaban J connectivity index is 2.44. The van der Waals surface area contributed by atoms with Crippen molar-refractivity contribution in [1.29, 1.82) is 0 Å². The number of carbonyl (C=O) groups excluding carboxylic acids is 1. The normalized spacial score (nSPS) is 23.9. The Morgan fingerprint density at radius 3 is 3.06 bits per heavy atom. The van der Waals surface area contributed by atoms with Crippen LogP contribution in [0, 0.1) is 5.82 Å². The van der Waals surface area contributed by atoms with Gasteiger partial charge in [0, 0.05) is 11.8 Å². The second-order valence-electron chi connectivity index (χ2n) is 3.56. The van der Waals surface area contributed by atoms with Gasteiger partial charge in [0.25, 0.3) is 6.47 Å². The second kappa shape index (κ2) is 4.12. The Morgan fingerprint density at radius 1 is 1.62 bits per heavy atom. The molecule has 0 N–H and O–H groups in total. The van der Waals surface area contributed by atoms with E-state index in [-0.39, 0.29) is 5.82 Å². The van der Waals surface area contributed by atoms with Crippen LogP contribution in [0.4, 0.5) is 10.1 Å². The summed E-state index contributed by atoms with van der Waals surface area (Å²) in [7, 11) is 0. The third-order valence-electron chi connectivity index (χ3n) is 2.61. The lowest BCUT2D eigenvalue weighted by atomic mass is 9.96. The van der Waals surface area contributed by atoms with Gasteiger partial charge in [-0.1, -0.05) is 22.6 Å². The maximum atomic E-state index is 13.2. The standard InChI is InChI=1S/C11H9FINO2/c1-7(16-6-15)11(13)5-14-10-3-2-8(12)4-9(10)11/h2-7H,1H3. The van der Waals surface area contributed by atoms with E-state index in [9.17, 15) is 9.18 Å². The van der Waals surface area contributed by atoms with E-state index in [1.54, 1.807) is 19.2 Å². The van der Waals surface area contributed by atoms with Crippen LogP contribution in [0.3, 0.4) is 0 Å². The second-order valence-corrected chi connectivity index (χ2v) is 5.35. The van der Waals surface area contributed by atoms with Gasteiger partial charge in [-0.25, -0.2) is 4.39 Å². The maximum Gasteiger partial charge on any atom is 0.293 e. The highest BCUT2D eigenvalue weighted by Gasteiger charge is 2.40. The van der Waals surface area contributed by atoms with Crippen molar-refractivity contribution in [3.8, 4) is 0 Å². The number of hydrogen-bond donors (Lipinski definition) is 0. The fourth-order valence-corrected chi connectivity index (χ4v) is 2.39. The van der Waals surface area contributed by atoms with Gasteiger partial charge in [-0.05, 0) is 25.1 Å². The largest absolute Gasteiger partial charge is 0.463 e. The number of fused-ring (bicyclic) bond motifs is 1. The van der Waals surface area contributed by atoms with E-state index in [2.05, 4.69) is 27.6 Å². The molecule has 2 unspecified atom stereocenters. The summed E-state index contributed by atoms with van der Waals surface area (Å²) >= 11 is 2.12. The number of halogens is 2. The van der Waals surface area contributed by atoms with Crippen LogP contribution >= 0.6 is 22.6 Å². The van der Waals surface area contributed by atoms with Crippen LogP contribution < -0.4 is 0 Å². The van der Waals surface area contributed by atoms with Gasteiger partial charge >= 0.3 is 0 Å². The molecule has 5 heteroatoms. The molecule has 2 rings (SSSR count). The van der Waals surface area contributed by atoms with Crippen LogP contribution in [0.5, 0.6) is 0 Å². The van der Waals surface area contributed by atoms with Gasteiger partial charge in [-0.2, -0.15) is 0 Å². The third kappa shape index (κ3) is 1.73. The molecule has 0 aromatic heterocycles. The predicted molar refractivity (Wildman–Crippen MR) is 66.9 cm³/mol. The zero-order chi connectivity index (χ0) is 11.8. The summed E-state index contributed by atoms with van der Waals surface area (Å²) in [5, 5.41) is 0. The van der Waals surface area contributed by atoms with Crippen molar-refractivity contribution < 1.29 is 13.9 Å². The van der Waals surface area contributed by atoms with Gasteiger partial charge in [-0.15, -0.1) is 0 Å². The van der Waals surface area contributed by atoms with Crippen LogP contribution in [0.15, 0.2) is 23.2 Å². The molecule has 0 saturated carbocycles. The minimum atomic E-state index is -0.587. The van der Waals surface area contributed by atoms with Gasteiger partial charge in [0.15, 0.2) is 0 Å². The monoisotopic (exact) mass is 333 g/mol. The van der Waals surface area contributed by atoms with E-state index in [0.717, 1.165) is 11.3 Å². The third-order valence-corrected chi connectivity index (χ3v) is 4.35. The lowest BCUT2D eigenvalue weighted by Gasteiger charge is -2.26. The molecule has 0 fully saturated rings. The smallest absolute Gasteiger partial charge is 0.293 e. The van der Waals surface area contributed by atoms with Crippen LogP contribution in [-0.2, 0) is 13.0 Å². The van der Waals surface area contributed by atoms with E-state index in [1.165, 1.54) is 12.1 Å². The molecule has 1 aromatic carbocycles. The molecule has 1 heterocycles. The molecule has 1 aromatic rings. The molecule has 0 radical (unpaired) electrons. The zero-order valence-corrected chi connectivity index (χ0v) is 10.6. The van der Waals surface area contributed by atoms with Crippen molar-refractivity contribution in [1.82, 2.24) is 0 Å². The highest BCUT2D eigenvalue weighted by molar-refractivity contribution is 14.1. The molecule has 0 saturated heterocycles. The highest BCUT2D eigenvalue weighted by Crippen LogP contribution is 2.45. The Labute approximate surface area is 106 Å². The first kappa shape index (κ1) is 11.5. The predicted octanol–water partition coefficient (Wildman–Crippen LogP) is 2.73. The first-order chi connectivity index (χ1) is 7.58. The van der Waals surface area contributed by atoms with Gasteiger partial charge in [-0.3, -0.25) is 9.79 Å². The molecule has 84 valence electrons. The molecule has 1 aliphatic rings. The molecule has 3 nitrogen and oxygen atoms in total. The van der Waals surface area contributed by atoms with Crippen molar-refractivity contribution in [3.63, 3.8) is 0 Å². The molecular weight excluding hydrogens is 324 g/mol. The van der Waals surface area contributed by atoms with Crippen molar-refractivity contribution in [2.75, 3.05) is 0 Å². The van der Waals surface area contributed by atoms with Crippen LogP contribution in [0.2, 0.25) is 0 Å². The zero-order valence-electron chi connectivity index (χ0n) is 8.48. The van der Waals surface area contributed by atoms with Crippen molar-refractivity contribution in [2.24, 2.45) is 4.99 Å². The van der Waals surface area contributed by atoms with E-state index in [0.29, 0.717) is 6.47 Å². The minimum absolute atomic E-state index is 0.316. The van der Waals surface area contributed by atoms with Crippen LogP contribution in [0.1, 0.15) is 12.5 Å². The highest BCUT2D eigenvalue weighted by atomic mass is 127. The molecule has 16 heavy (non-hydrogen) atoms. The summed E-state index contributed by atoms with van der Waals surface area (Å²) in [6.07, 6.45) is 1.30. The summed E-state index contributed by atoms with van der Waals surface area (Å²) in [5.74, 6) is -0.316. The molecule has 0 spiro atoms. The number of ether oxygens (including phenoxy) is 1. The number of aliphatic imine (C=N–C) groups is 1. The summed E-state index contributed by atoms with van der Waals surface area (Å²) in [6, 6.07) is 4.42. The van der Waals surface area contributed by atoms with Crippen molar-refractivity contribution >= 4 is 41.0 Å². The Kier molecular flexibility index (Phi) is 2.96. The number of nitrogens with zero attached hydrogens (tertiary/aromatic N) is 1. The molecule has 0 bridgehead atoms. The Bertz CT molecular complexity index is 463. The average molecular weight is 333 g/mol. The number of carbonyl (C=O) groups is 1. The van der Waals surface area contributed by atoms with E-state index in [1.807, 2.05) is 0 Å². The minimum Gasteiger partial charge on any atom is -0.463 e. The summed E-state index contributed by atoms with van der Waals surface area (Å²) < 4.78 is 17.5. The lowest BCUT2D eigenvalue weighted by molar-refractivity contribution is -0.133. The Hall–Kier alpha value is -0.980. The van der Waals surface area contributed by atoms with E-state index < -0.39 is 9.53 Å². The fraction of sp³-hybridized carbons (Fsp3) is 0.273. The van der Waals surface area contributed by atoms with Crippen molar-refractivity contribution in [3.05, 3.63) is 29.6 Å². The molecule has 0 aliphatic carbocycles. The summed E-state index contributed by atoms with van der Waals surface area (Å²) in [6.45, 7) is 2.16. The lowest BCUT2D eigenvalue weighted by Crippen LogP contribution is -2.33. The Morgan fingerprint density at radius 2 is 2.38 bits per heavy atom. The quantitative estimate of drug-likeness (QED) is 0.485. The molecule has 0 amide bonds. The first-order valence-electron chi connectivity index (χ1n) is 4.71. The van der Waals surface area contributed by atoms with Crippen LogP contribution in [0.25, 0.3) is 0 Å². The SMILES string of the molecule is CC(OC=O)C1(I)C=Nc2ccc(F)cc21. The number of hydrogen-bond acceptors (Lipinski definition) is 3. The van der Waals surface area contributed by atoms with Gasteiger partial charge in [0.2, 0.25) is 0 Å². The first-order valence-corrected chi connectivity index (χ1v) is 5.79. The van der Waals surface area contributed by atoms with E-state index >= 15 is 0 Å². The number of rotatable bonds is 3. The van der Waals surface area contributed by atoms with Gasteiger partial charge < -0.3 is 4.74 Å². The fourth-order valence-electron chi connectivity index (χ4n) is 1.67. The van der Waals surface area contributed by atoms with Crippen LogP contribution in [-0.4, -0.2) is 18.8 Å². The average Bonchev–Trinajstić information content (AvgIpc) is 2.58. The molecule has 1 aliphatic heterocycles. The van der Waals surface area contributed by atoms with Gasteiger partial charge in [0.05, 0.1) is 5.69 Å². The topological polar surface area (TPSA) is 38.7 Å². The summed E-state index contributed by atoms with van der Waals surface area (Å²) in [4.78, 5) is 14.6. The van der Waals surface area contributed by atoms with Gasteiger partial charge in [0.1, 0.15) is 15.3 Å². The molecular formula is C11H9FINO2. The number of benzene rings is 1. The summed E-state index contributed by atoms with van der Waals surface area (Å²) in [5.41, 5.74) is 1.46. The van der Waals surface area contributed by atoms with E-state index in [4.69, 9.17) is 4.74 Å².